The van der Waals surface area contributed by atoms with Gasteiger partial charge in [0.25, 0.3) is 5.91 Å². The average molecular weight is 307 g/mol. The van der Waals surface area contributed by atoms with E-state index >= 15 is 0 Å². The van der Waals surface area contributed by atoms with E-state index in [2.05, 4.69) is 10.3 Å². The highest BCUT2D eigenvalue weighted by Crippen LogP contribution is 2.19. The quantitative estimate of drug-likeness (QED) is 0.890. The highest BCUT2D eigenvalue weighted by Gasteiger charge is 2.06. The number of benzene rings is 1. The second-order valence-corrected chi connectivity index (χ2v) is 4.88. The Kier molecular flexibility index (Phi) is 5.14. The van der Waals surface area contributed by atoms with Crippen LogP contribution >= 0.6 is 11.6 Å². The van der Waals surface area contributed by atoms with Crippen LogP contribution in [0.5, 0.6) is 5.75 Å². The van der Waals surface area contributed by atoms with E-state index in [0.717, 1.165) is 5.56 Å². The summed E-state index contributed by atoms with van der Waals surface area (Å²) in [7, 11) is 0. The number of amides is 1. The third-order valence-electron chi connectivity index (χ3n) is 2.79. The molecule has 0 aliphatic carbocycles. The molecule has 0 fully saturated rings. The van der Waals surface area contributed by atoms with E-state index in [1.54, 1.807) is 30.3 Å². The number of halogens is 1. The Morgan fingerprint density at radius 3 is 2.81 bits per heavy atom. The van der Waals surface area contributed by atoms with Crippen LogP contribution in [0.1, 0.15) is 11.3 Å². The third kappa shape index (κ3) is 4.44. The molecule has 1 amide bonds. The third-order valence-corrected chi connectivity index (χ3v) is 3.03. The van der Waals surface area contributed by atoms with Gasteiger partial charge >= 0.3 is 0 Å². The van der Waals surface area contributed by atoms with E-state index in [9.17, 15) is 4.79 Å². The first-order valence-electron chi connectivity index (χ1n) is 6.33. The molecule has 0 saturated heterocycles. The molecule has 0 unspecified atom stereocenters. The Hall–Kier alpha value is -2.11. The van der Waals surface area contributed by atoms with Crippen LogP contribution < -0.4 is 10.1 Å². The lowest BCUT2D eigenvalue weighted by Crippen LogP contribution is -2.20. The number of aryl methyl sites for hydroxylation is 1. The number of hydrogen-bond donors (Lipinski definition) is 2. The Balaban J connectivity index is 1.89. The molecule has 2 N–H and O–H groups in total. The fourth-order valence-electron chi connectivity index (χ4n) is 1.69. The molecule has 2 rings (SSSR count). The van der Waals surface area contributed by atoms with E-state index in [-0.39, 0.29) is 19.1 Å². The second kappa shape index (κ2) is 7.06. The van der Waals surface area contributed by atoms with Gasteiger partial charge in [0.1, 0.15) is 5.75 Å². The van der Waals surface area contributed by atoms with Gasteiger partial charge in [-0.15, -0.1) is 0 Å². The molecule has 21 heavy (non-hydrogen) atoms. The molecule has 0 aliphatic rings. The first-order chi connectivity index (χ1) is 10.1. The standard InChI is InChI=1S/C15H15ClN2O3/c1-10-6-11(16)2-5-14(10)18-15(20)9-21-13-4-3-12(8-19)17-7-13/h2-7,19H,8-9H2,1H3,(H,18,20). The van der Waals surface area contributed by atoms with Crippen LogP contribution in [0.15, 0.2) is 36.5 Å². The molecule has 0 atom stereocenters. The number of anilines is 1. The summed E-state index contributed by atoms with van der Waals surface area (Å²) in [6.07, 6.45) is 1.46. The molecule has 1 aromatic heterocycles. The molecule has 0 spiro atoms. The van der Waals surface area contributed by atoms with Crippen molar-refractivity contribution in [2.24, 2.45) is 0 Å². The van der Waals surface area contributed by atoms with E-state index in [4.69, 9.17) is 21.4 Å². The monoisotopic (exact) mass is 306 g/mol. The fourth-order valence-corrected chi connectivity index (χ4v) is 1.92. The predicted octanol–water partition coefficient (Wildman–Crippen LogP) is 2.55. The van der Waals surface area contributed by atoms with Crippen molar-refractivity contribution in [2.45, 2.75) is 13.5 Å². The van der Waals surface area contributed by atoms with Gasteiger partial charge in [0, 0.05) is 10.7 Å². The zero-order chi connectivity index (χ0) is 15.2. The molecule has 2 aromatic rings. The summed E-state index contributed by atoms with van der Waals surface area (Å²) in [4.78, 5) is 15.8. The SMILES string of the molecule is Cc1cc(Cl)ccc1NC(=O)COc1ccc(CO)nc1. The number of ether oxygens (including phenoxy) is 1. The van der Waals surface area contributed by atoms with Gasteiger partial charge in [-0.3, -0.25) is 9.78 Å². The van der Waals surface area contributed by atoms with E-state index < -0.39 is 0 Å². The molecule has 0 aliphatic heterocycles. The first kappa shape index (κ1) is 15.3. The molecule has 110 valence electrons. The summed E-state index contributed by atoms with van der Waals surface area (Å²) < 4.78 is 5.32. The molecule has 5 nitrogen and oxygen atoms in total. The number of aliphatic hydroxyl groups excluding tert-OH is 1. The van der Waals surface area contributed by atoms with Crippen molar-refractivity contribution in [1.29, 1.82) is 0 Å². The molecular formula is C15H15ClN2O3. The normalized spacial score (nSPS) is 10.2. The lowest BCUT2D eigenvalue weighted by molar-refractivity contribution is -0.118. The van der Waals surface area contributed by atoms with Gasteiger partial charge in [0.15, 0.2) is 6.61 Å². The number of nitrogens with one attached hydrogen (secondary N) is 1. The summed E-state index contributed by atoms with van der Waals surface area (Å²) in [6, 6.07) is 8.52. The number of hydrogen-bond acceptors (Lipinski definition) is 4. The van der Waals surface area contributed by atoms with Gasteiger partial charge in [-0.25, -0.2) is 0 Å². The molecule has 0 saturated carbocycles. The van der Waals surface area contributed by atoms with Crippen molar-refractivity contribution in [3.05, 3.63) is 52.8 Å². The molecule has 6 heteroatoms. The summed E-state index contributed by atoms with van der Waals surface area (Å²) in [5, 5.41) is 12.2. The number of nitrogens with zero attached hydrogens (tertiary/aromatic N) is 1. The molecule has 0 radical (unpaired) electrons. The van der Waals surface area contributed by atoms with Gasteiger partial charge in [-0.1, -0.05) is 11.6 Å². The largest absolute Gasteiger partial charge is 0.482 e. The zero-order valence-electron chi connectivity index (χ0n) is 11.5. The number of rotatable bonds is 5. The summed E-state index contributed by atoms with van der Waals surface area (Å²) in [6.45, 7) is 1.61. The maximum Gasteiger partial charge on any atom is 0.262 e. The van der Waals surface area contributed by atoms with Crippen LogP contribution in [0.25, 0.3) is 0 Å². The van der Waals surface area contributed by atoms with Crippen molar-refractivity contribution in [2.75, 3.05) is 11.9 Å². The van der Waals surface area contributed by atoms with Crippen molar-refractivity contribution in [3.63, 3.8) is 0 Å². The Bertz CT molecular complexity index is 629. The van der Waals surface area contributed by atoms with Crippen molar-refractivity contribution in [3.8, 4) is 5.75 Å². The van der Waals surface area contributed by atoms with Crippen LogP contribution in [0.2, 0.25) is 5.02 Å². The fraction of sp³-hybridized carbons (Fsp3) is 0.200. The van der Waals surface area contributed by atoms with Crippen molar-refractivity contribution >= 4 is 23.2 Å². The van der Waals surface area contributed by atoms with Gasteiger partial charge < -0.3 is 15.2 Å². The van der Waals surface area contributed by atoms with Gasteiger partial charge in [0.2, 0.25) is 0 Å². The minimum absolute atomic E-state index is 0.123. The van der Waals surface area contributed by atoms with Crippen LogP contribution in [-0.2, 0) is 11.4 Å². The van der Waals surface area contributed by atoms with Crippen LogP contribution in [0, 0.1) is 6.92 Å². The highest BCUT2D eigenvalue weighted by molar-refractivity contribution is 6.30. The number of aromatic nitrogens is 1. The maximum absolute atomic E-state index is 11.8. The first-order valence-corrected chi connectivity index (χ1v) is 6.71. The number of carbonyl (C=O) groups excluding carboxylic acids is 1. The van der Waals surface area contributed by atoms with Crippen molar-refractivity contribution in [1.82, 2.24) is 4.98 Å². The van der Waals surface area contributed by atoms with Gasteiger partial charge in [-0.2, -0.15) is 0 Å². The Morgan fingerprint density at radius 2 is 2.19 bits per heavy atom. The minimum atomic E-state index is -0.272. The Morgan fingerprint density at radius 1 is 1.38 bits per heavy atom. The minimum Gasteiger partial charge on any atom is -0.482 e. The molecular weight excluding hydrogens is 292 g/mol. The van der Waals surface area contributed by atoms with E-state index in [1.807, 2.05) is 6.92 Å². The zero-order valence-corrected chi connectivity index (χ0v) is 12.2. The van der Waals surface area contributed by atoms with E-state index in [0.29, 0.717) is 22.2 Å². The lowest BCUT2D eigenvalue weighted by atomic mass is 10.2. The summed E-state index contributed by atoms with van der Waals surface area (Å²) in [5.74, 6) is 0.196. The van der Waals surface area contributed by atoms with Gasteiger partial charge in [-0.05, 0) is 42.8 Å². The van der Waals surface area contributed by atoms with Crippen LogP contribution in [0.3, 0.4) is 0 Å². The maximum atomic E-state index is 11.8. The van der Waals surface area contributed by atoms with Crippen molar-refractivity contribution < 1.29 is 14.6 Å². The molecule has 1 heterocycles. The van der Waals surface area contributed by atoms with E-state index in [1.165, 1.54) is 6.20 Å². The average Bonchev–Trinajstić information content (AvgIpc) is 2.48. The summed E-state index contributed by atoms with van der Waals surface area (Å²) >= 11 is 5.86. The number of aliphatic hydroxyl groups is 1. The summed E-state index contributed by atoms with van der Waals surface area (Å²) in [5.41, 5.74) is 2.12. The number of pyridine rings is 1. The van der Waals surface area contributed by atoms with Crippen LogP contribution in [0.4, 0.5) is 5.69 Å². The van der Waals surface area contributed by atoms with Crippen LogP contribution in [-0.4, -0.2) is 22.6 Å². The van der Waals surface area contributed by atoms with Gasteiger partial charge in [0.05, 0.1) is 18.5 Å². The predicted molar refractivity (Wildman–Crippen MR) is 80.5 cm³/mol. The topological polar surface area (TPSA) is 71.5 Å². The second-order valence-electron chi connectivity index (χ2n) is 4.44. The molecule has 1 aromatic carbocycles. The Labute approximate surface area is 127 Å². The smallest absolute Gasteiger partial charge is 0.262 e. The molecule has 0 bridgehead atoms. The number of carbonyl (C=O) groups is 1. The highest BCUT2D eigenvalue weighted by atomic mass is 35.5. The lowest BCUT2D eigenvalue weighted by Gasteiger charge is -2.10.